The van der Waals surface area contributed by atoms with E-state index in [0.29, 0.717) is 5.92 Å². The molecule has 2 heterocycles. The summed E-state index contributed by atoms with van der Waals surface area (Å²) in [5.41, 5.74) is 9.27. The third kappa shape index (κ3) is 5.70. The lowest BCUT2D eigenvalue weighted by atomic mass is 9.73. The van der Waals surface area contributed by atoms with Crippen molar-refractivity contribution in [3.05, 3.63) is 120 Å². The predicted octanol–water partition coefficient (Wildman–Crippen LogP) is 8.11. The first-order valence-corrected chi connectivity index (χ1v) is 14.2. The Morgan fingerprint density at radius 2 is 1.55 bits per heavy atom. The molecule has 0 spiro atoms. The Balaban J connectivity index is 1.39. The Morgan fingerprint density at radius 1 is 0.825 bits per heavy atom. The van der Waals surface area contributed by atoms with E-state index in [9.17, 15) is 4.79 Å². The third-order valence-electron chi connectivity index (χ3n) is 8.04. The number of nitrogens with zero attached hydrogens (tertiary/aromatic N) is 2. The molecule has 2 aliphatic rings. The van der Waals surface area contributed by atoms with Crippen molar-refractivity contribution in [1.82, 2.24) is 9.78 Å². The summed E-state index contributed by atoms with van der Waals surface area (Å²) in [4.78, 5) is 11.0. The molecule has 1 aliphatic heterocycles. The van der Waals surface area contributed by atoms with E-state index >= 15 is 0 Å². The Bertz CT molecular complexity index is 1510. The minimum absolute atomic E-state index is 0.0283. The van der Waals surface area contributed by atoms with Crippen molar-refractivity contribution < 1.29 is 14.6 Å². The highest BCUT2D eigenvalue weighted by atomic mass is 16.5. The molecule has 1 aromatic heterocycles. The lowest BCUT2D eigenvalue weighted by molar-refractivity contribution is -0.131. The molecule has 0 amide bonds. The molecule has 4 aromatic rings. The molecule has 1 aliphatic carbocycles. The lowest BCUT2D eigenvalue weighted by Gasteiger charge is -2.31. The van der Waals surface area contributed by atoms with Crippen LogP contribution in [0.5, 0.6) is 0 Å². The van der Waals surface area contributed by atoms with Crippen LogP contribution in [0.4, 0.5) is 0 Å². The molecule has 1 saturated carbocycles. The Kier molecular flexibility index (Phi) is 7.73. The highest BCUT2D eigenvalue weighted by Crippen LogP contribution is 2.45. The van der Waals surface area contributed by atoms with Crippen molar-refractivity contribution in [1.29, 1.82) is 0 Å². The number of carboxylic acid groups (broad SMARTS) is 1. The van der Waals surface area contributed by atoms with Gasteiger partial charge in [-0.2, -0.15) is 5.10 Å². The van der Waals surface area contributed by atoms with Crippen LogP contribution in [0.2, 0.25) is 0 Å². The molecule has 0 bridgehead atoms. The first-order valence-electron chi connectivity index (χ1n) is 14.2. The van der Waals surface area contributed by atoms with Crippen molar-refractivity contribution in [3.8, 4) is 11.1 Å². The number of carboxylic acids is 1. The molecular formula is C35H34N2O3. The summed E-state index contributed by atoms with van der Waals surface area (Å²) in [5, 5.41) is 13.6. The van der Waals surface area contributed by atoms with Crippen LogP contribution in [0.1, 0.15) is 67.0 Å². The number of aromatic nitrogens is 2. The maximum atomic E-state index is 11.0. The van der Waals surface area contributed by atoms with Crippen LogP contribution < -0.4 is 0 Å². The smallest absolute Gasteiger partial charge is 0.328 e. The standard InChI is InChI=1S/C35H34N2O3/c38-33(39)21-14-25-12-15-29(16-13-25)35(34(28-9-6-10-28)27-7-2-1-3-8-27)30-19-17-26(18-20-30)31-23-36-37(24-31)32-11-4-5-22-40-32/h1-3,7-8,12-21,23-24,28,32H,4-6,9-11,22H2,(H,38,39)/b21-14+,35-34-. The second kappa shape index (κ2) is 11.9. The fraction of sp³-hybridized carbons (Fsp3) is 0.257. The van der Waals surface area contributed by atoms with Crippen molar-refractivity contribution >= 4 is 23.2 Å². The first kappa shape index (κ1) is 26.0. The minimum Gasteiger partial charge on any atom is -0.478 e. The Hall–Kier alpha value is -4.22. The first-order chi connectivity index (χ1) is 19.7. The fourth-order valence-electron chi connectivity index (χ4n) is 5.71. The van der Waals surface area contributed by atoms with Gasteiger partial charge in [0.15, 0.2) is 0 Å². The maximum Gasteiger partial charge on any atom is 0.328 e. The van der Waals surface area contributed by atoms with E-state index in [1.807, 2.05) is 23.0 Å². The molecule has 1 N–H and O–H groups in total. The predicted molar refractivity (Wildman–Crippen MR) is 159 cm³/mol. The van der Waals surface area contributed by atoms with Crippen LogP contribution in [-0.2, 0) is 9.53 Å². The monoisotopic (exact) mass is 530 g/mol. The van der Waals surface area contributed by atoms with Gasteiger partial charge in [0.25, 0.3) is 0 Å². The average molecular weight is 531 g/mol. The minimum atomic E-state index is -0.946. The van der Waals surface area contributed by atoms with Gasteiger partial charge in [-0.3, -0.25) is 0 Å². The quantitative estimate of drug-likeness (QED) is 0.185. The zero-order chi connectivity index (χ0) is 27.3. The van der Waals surface area contributed by atoms with E-state index in [-0.39, 0.29) is 6.23 Å². The second-order valence-electron chi connectivity index (χ2n) is 10.7. The van der Waals surface area contributed by atoms with Gasteiger partial charge in [-0.1, -0.05) is 85.3 Å². The van der Waals surface area contributed by atoms with Crippen molar-refractivity contribution in [3.63, 3.8) is 0 Å². The van der Waals surface area contributed by atoms with Gasteiger partial charge in [-0.05, 0) is 83.1 Å². The number of hydrogen-bond donors (Lipinski definition) is 1. The molecule has 202 valence electrons. The summed E-state index contributed by atoms with van der Waals surface area (Å²) in [7, 11) is 0. The lowest BCUT2D eigenvalue weighted by Crippen LogP contribution is -2.18. The molecule has 6 rings (SSSR count). The van der Waals surface area contributed by atoms with Crippen LogP contribution in [0.25, 0.3) is 28.3 Å². The van der Waals surface area contributed by atoms with E-state index < -0.39 is 5.97 Å². The SMILES string of the molecule is O=C(O)/C=C/c1ccc(/C(=C(\c2ccccc2)C2CCC2)c2ccc(-c3cnn(C4CCCCO4)c3)cc2)cc1. The van der Waals surface area contributed by atoms with Gasteiger partial charge in [0.05, 0.1) is 6.20 Å². The van der Waals surface area contributed by atoms with Gasteiger partial charge >= 0.3 is 5.97 Å². The number of rotatable bonds is 8. The number of ether oxygens (including phenoxy) is 1. The van der Waals surface area contributed by atoms with E-state index in [4.69, 9.17) is 9.84 Å². The zero-order valence-electron chi connectivity index (χ0n) is 22.6. The molecule has 40 heavy (non-hydrogen) atoms. The largest absolute Gasteiger partial charge is 0.478 e. The highest BCUT2D eigenvalue weighted by Gasteiger charge is 2.27. The molecule has 5 heteroatoms. The van der Waals surface area contributed by atoms with Gasteiger partial charge in [0, 0.05) is 24.4 Å². The highest BCUT2D eigenvalue weighted by molar-refractivity contribution is 6.00. The van der Waals surface area contributed by atoms with Crippen LogP contribution in [-0.4, -0.2) is 27.5 Å². The van der Waals surface area contributed by atoms with Crippen molar-refractivity contribution in [2.45, 2.75) is 44.8 Å². The van der Waals surface area contributed by atoms with E-state index in [0.717, 1.165) is 41.7 Å². The average Bonchev–Trinajstić information content (AvgIpc) is 3.47. The maximum absolute atomic E-state index is 11.0. The van der Waals surface area contributed by atoms with Gasteiger partial charge in [0.1, 0.15) is 6.23 Å². The summed E-state index contributed by atoms with van der Waals surface area (Å²) in [6.45, 7) is 0.797. The molecule has 2 fully saturated rings. The molecule has 1 unspecified atom stereocenters. The van der Waals surface area contributed by atoms with Gasteiger partial charge in [-0.15, -0.1) is 0 Å². The summed E-state index contributed by atoms with van der Waals surface area (Å²) in [5.74, 6) is -0.435. The van der Waals surface area contributed by atoms with Crippen molar-refractivity contribution in [2.75, 3.05) is 6.61 Å². The molecule has 0 radical (unpaired) electrons. The topological polar surface area (TPSA) is 64.3 Å². The molecule has 1 atom stereocenters. The van der Waals surface area contributed by atoms with Gasteiger partial charge in [0.2, 0.25) is 0 Å². The van der Waals surface area contributed by atoms with E-state index in [1.54, 1.807) is 6.08 Å². The fourth-order valence-corrected chi connectivity index (χ4v) is 5.71. The van der Waals surface area contributed by atoms with Crippen LogP contribution in [0.3, 0.4) is 0 Å². The molecule has 5 nitrogen and oxygen atoms in total. The zero-order valence-corrected chi connectivity index (χ0v) is 22.6. The Morgan fingerprint density at radius 3 is 2.17 bits per heavy atom. The summed E-state index contributed by atoms with van der Waals surface area (Å²) >= 11 is 0. The molecule has 3 aromatic carbocycles. The van der Waals surface area contributed by atoms with E-state index in [1.165, 1.54) is 54.0 Å². The number of benzene rings is 3. The van der Waals surface area contributed by atoms with Gasteiger partial charge in [-0.25, -0.2) is 9.48 Å². The normalized spacial score (nSPS) is 18.4. The number of allylic oxidation sites excluding steroid dienone is 1. The Labute approximate surface area is 235 Å². The van der Waals surface area contributed by atoms with Crippen LogP contribution in [0, 0.1) is 5.92 Å². The second-order valence-corrected chi connectivity index (χ2v) is 10.7. The van der Waals surface area contributed by atoms with Crippen molar-refractivity contribution in [2.24, 2.45) is 5.92 Å². The summed E-state index contributed by atoms with van der Waals surface area (Å²) < 4.78 is 7.87. The van der Waals surface area contributed by atoms with E-state index in [2.05, 4.69) is 78.0 Å². The number of hydrogen-bond acceptors (Lipinski definition) is 3. The third-order valence-corrected chi connectivity index (χ3v) is 8.04. The summed E-state index contributed by atoms with van der Waals surface area (Å²) in [6.07, 6.45) is 13.8. The number of carbonyl (C=O) groups is 1. The molecular weight excluding hydrogens is 496 g/mol. The van der Waals surface area contributed by atoms with Crippen LogP contribution >= 0.6 is 0 Å². The van der Waals surface area contributed by atoms with Gasteiger partial charge < -0.3 is 9.84 Å². The van der Waals surface area contributed by atoms with Crippen LogP contribution in [0.15, 0.2) is 97.3 Å². The number of aliphatic carboxylic acids is 1. The molecule has 1 saturated heterocycles. The summed E-state index contributed by atoms with van der Waals surface area (Å²) in [6, 6.07) is 27.8.